The van der Waals surface area contributed by atoms with Gasteiger partial charge in [-0.2, -0.15) is 22.0 Å². The molecule has 0 bridgehead atoms. The second kappa shape index (κ2) is 9.94. The van der Waals surface area contributed by atoms with Gasteiger partial charge in [-0.05, 0) is 51.1 Å². The lowest BCUT2D eigenvalue weighted by molar-refractivity contribution is -0.294. The first-order valence-electron chi connectivity index (χ1n) is 11.6. The minimum Gasteiger partial charge on any atom is -0.482 e. The highest BCUT2D eigenvalue weighted by atomic mass is 19.4. The van der Waals surface area contributed by atoms with E-state index in [1.165, 1.54) is 5.56 Å². The fourth-order valence-electron chi connectivity index (χ4n) is 3.98. The van der Waals surface area contributed by atoms with Gasteiger partial charge >= 0.3 is 18.1 Å². The van der Waals surface area contributed by atoms with Gasteiger partial charge in [0.05, 0.1) is 0 Å². The second-order valence-electron chi connectivity index (χ2n) is 11.2. The number of alkyl halides is 5. The Morgan fingerprint density at radius 1 is 0.857 bits per heavy atom. The SMILES string of the molecule is CCC(C)(C)CC(C)(c1ccc2cc(OCC(=O)OCC(F)(F)C(F)(F)F)ccc2c1)C(C)(C)C. The van der Waals surface area contributed by atoms with Crippen molar-refractivity contribution in [1.82, 2.24) is 0 Å². The molecule has 2 aromatic carbocycles. The molecule has 0 fully saturated rings. The summed E-state index contributed by atoms with van der Waals surface area (Å²) >= 11 is 0. The van der Waals surface area contributed by atoms with Crippen LogP contribution in [0.25, 0.3) is 10.8 Å². The molecule has 0 aliphatic carbocycles. The Labute approximate surface area is 204 Å². The molecule has 0 heterocycles. The highest BCUT2D eigenvalue weighted by molar-refractivity contribution is 5.85. The maximum atomic E-state index is 12.9. The molecule has 8 heteroatoms. The number of fused-ring (bicyclic) bond motifs is 1. The molecule has 0 spiro atoms. The summed E-state index contributed by atoms with van der Waals surface area (Å²) in [5.74, 6) is -6.16. The largest absolute Gasteiger partial charge is 0.482 e. The summed E-state index contributed by atoms with van der Waals surface area (Å²) in [4.78, 5) is 11.6. The number of hydrogen-bond acceptors (Lipinski definition) is 3. The zero-order chi connectivity index (χ0) is 26.9. The Kier molecular flexibility index (Phi) is 8.19. The van der Waals surface area contributed by atoms with Crippen molar-refractivity contribution >= 4 is 16.7 Å². The van der Waals surface area contributed by atoms with Gasteiger partial charge in [0.15, 0.2) is 13.2 Å². The highest BCUT2D eigenvalue weighted by Gasteiger charge is 2.58. The Hall–Kier alpha value is -2.38. The molecule has 0 saturated heterocycles. The van der Waals surface area contributed by atoms with E-state index in [0.717, 1.165) is 23.6 Å². The van der Waals surface area contributed by atoms with Gasteiger partial charge < -0.3 is 9.47 Å². The van der Waals surface area contributed by atoms with Crippen molar-refractivity contribution in [3.05, 3.63) is 42.0 Å². The summed E-state index contributed by atoms with van der Waals surface area (Å²) in [6.07, 6.45) is -3.73. The molecule has 0 saturated carbocycles. The van der Waals surface area contributed by atoms with Gasteiger partial charge in [-0.3, -0.25) is 0 Å². The van der Waals surface area contributed by atoms with Crippen LogP contribution in [-0.4, -0.2) is 31.3 Å². The lowest BCUT2D eigenvalue weighted by Crippen LogP contribution is -2.41. The van der Waals surface area contributed by atoms with Gasteiger partial charge in [-0.15, -0.1) is 0 Å². The van der Waals surface area contributed by atoms with Crippen LogP contribution in [0.2, 0.25) is 0 Å². The lowest BCUT2D eigenvalue weighted by Gasteiger charge is -2.47. The number of rotatable bonds is 9. The minimum absolute atomic E-state index is 0.000545. The standard InChI is InChI=1S/C27H35F5O3/c1-8-24(5,6)16-25(7,23(2,3)4)20-11-9-19-14-21(12-10-18(19)13-20)34-15-22(33)35-17-26(28,29)27(30,31)32/h9-14H,8,15-17H2,1-7H3. The summed E-state index contributed by atoms with van der Waals surface area (Å²) < 4.78 is 71.6. The maximum Gasteiger partial charge on any atom is 0.456 e. The summed E-state index contributed by atoms with van der Waals surface area (Å²) in [5, 5.41) is 1.81. The predicted octanol–water partition coefficient (Wildman–Crippen LogP) is 8.09. The van der Waals surface area contributed by atoms with Crippen molar-refractivity contribution in [1.29, 1.82) is 0 Å². The van der Waals surface area contributed by atoms with E-state index >= 15 is 0 Å². The molecule has 35 heavy (non-hydrogen) atoms. The van der Waals surface area contributed by atoms with Gasteiger partial charge in [-0.1, -0.05) is 79.2 Å². The minimum atomic E-state index is -5.79. The van der Waals surface area contributed by atoms with E-state index in [9.17, 15) is 26.7 Å². The van der Waals surface area contributed by atoms with Crippen molar-refractivity contribution < 1.29 is 36.2 Å². The van der Waals surface area contributed by atoms with E-state index in [4.69, 9.17) is 4.74 Å². The molecule has 1 atom stereocenters. The van der Waals surface area contributed by atoms with Crippen LogP contribution in [0.5, 0.6) is 5.75 Å². The number of carbonyl (C=O) groups is 1. The number of carbonyl (C=O) groups excluding carboxylic acids is 1. The fourth-order valence-corrected chi connectivity index (χ4v) is 3.98. The van der Waals surface area contributed by atoms with Gasteiger partial charge in [0.2, 0.25) is 0 Å². The topological polar surface area (TPSA) is 35.5 Å². The molecule has 2 aromatic rings. The molecule has 0 aliphatic heterocycles. The van der Waals surface area contributed by atoms with Crippen LogP contribution in [0, 0.1) is 10.8 Å². The first-order valence-corrected chi connectivity index (χ1v) is 11.6. The predicted molar refractivity (Wildman–Crippen MR) is 127 cm³/mol. The zero-order valence-electron chi connectivity index (χ0n) is 21.4. The smallest absolute Gasteiger partial charge is 0.456 e. The molecular formula is C27H35F5O3. The van der Waals surface area contributed by atoms with E-state index in [1.807, 2.05) is 12.1 Å². The fraction of sp³-hybridized carbons (Fsp3) is 0.593. The molecule has 0 aromatic heterocycles. The van der Waals surface area contributed by atoms with Gasteiger partial charge in [0.25, 0.3) is 0 Å². The molecule has 0 amide bonds. The molecular weight excluding hydrogens is 467 g/mol. The van der Waals surface area contributed by atoms with Crippen molar-refractivity contribution in [2.24, 2.45) is 10.8 Å². The van der Waals surface area contributed by atoms with Crippen molar-refractivity contribution in [3.63, 3.8) is 0 Å². The number of benzene rings is 2. The summed E-state index contributed by atoms with van der Waals surface area (Å²) in [5.41, 5.74) is 1.27. The van der Waals surface area contributed by atoms with Crippen LogP contribution in [-0.2, 0) is 14.9 Å². The van der Waals surface area contributed by atoms with Gasteiger partial charge in [-0.25, -0.2) is 4.79 Å². The monoisotopic (exact) mass is 502 g/mol. The third-order valence-corrected chi connectivity index (χ3v) is 7.08. The van der Waals surface area contributed by atoms with Crippen molar-refractivity contribution in [2.75, 3.05) is 13.2 Å². The van der Waals surface area contributed by atoms with E-state index < -0.39 is 31.3 Å². The number of esters is 1. The molecule has 3 nitrogen and oxygen atoms in total. The quantitative estimate of drug-likeness (QED) is 0.257. The van der Waals surface area contributed by atoms with E-state index in [-0.39, 0.29) is 22.0 Å². The maximum absolute atomic E-state index is 12.9. The molecule has 196 valence electrons. The van der Waals surface area contributed by atoms with Crippen LogP contribution in [0.4, 0.5) is 22.0 Å². The van der Waals surface area contributed by atoms with Crippen LogP contribution < -0.4 is 4.74 Å². The molecule has 0 radical (unpaired) electrons. The van der Waals surface area contributed by atoms with Crippen molar-refractivity contribution in [2.45, 2.75) is 78.8 Å². The Balaban J connectivity index is 2.17. The molecule has 0 aliphatic rings. The van der Waals surface area contributed by atoms with Crippen LogP contribution >= 0.6 is 0 Å². The van der Waals surface area contributed by atoms with Gasteiger partial charge in [0, 0.05) is 0 Å². The van der Waals surface area contributed by atoms with E-state index in [0.29, 0.717) is 0 Å². The van der Waals surface area contributed by atoms with Crippen LogP contribution in [0.3, 0.4) is 0 Å². The summed E-state index contributed by atoms with van der Waals surface area (Å²) in [6, 6.07) is 11.3. The van der Waals surface area contributed by atoms with Crippen LogP contribution in [0.15, 0.2) is 36.4 Å². The second-order valence-corrected chi connectivity index (χ2v) is 11.2. The normalized spacial score (nSPS) is 15.1. The van der Waals surface area contributed by atoms with E-state index in [1.54, 1.807) is 12.1 Å². The molecule has 1 unspecified atom stereocenters. The summed E-state index contributed by atoms with van der Waals surface area (Å²) in [6.45, 7) is 12.9. The third kappa shape index (κ3) is 6.85. The average molecular weight is 503 g/mol. The average Bonchev–Trinajstić information content (AvgIpc) is 2.73. The Morgan fingerprint density at radius 3 is 1.97 bits per heavy atom. The number of hydrogen-bond donors (Lipinski definition) is 0. The lowest BCUT2D eigenvalue weighted by atomic mass is 9.57. The number of ether oxygens (including phenoxy) is 2. The van der Waals surface area contributed by atoms with Crippen LogP contribution in [0.1, 0.15) is 66.9 Å². The van der Waals surface area contributed by atoms with Crippen molar-refractivity contribution in [3.8, 4) is 5.75 Å². The van der Waals surface area contributed by atoms with Gasteiger partial charge in [0.1, 0.15) is 5.75 Å². The highest BCUT2D eigenvalue weighted by Crippen LogP contribution is 2.50. The Morgan fingerprint density at radius 2 is 1.43 bits per heavy atom. The Bertz CT molecular complexity index is 1040. The summed E-state index contributed by atoms with van der Waals surface area (Å²) in [7, 11) is 0. The molecule has 2 rings (SSSR count). The third-order valence-electron chi connectivity index (χ3n) is 7.08. The molecule has 0 N–H and O–H groups in total. The first-order chi connectivity index (χ1) is 15.8. The number of halogens is 5. The zero-order valence-corrected chi connectivity index (χ0v) is 21.4. The van der Waals surface area contributed by atoms with E-state index in [2.05, 4.69) is 65.3 Å². The first kappa shape index (κ1) is 28.9.